The quantitative estimate of drug-likeness (QED) is 0.549. The van der Waals surface area contributed by atoms with E-state index in [4.69, 9.17) is 0 Å². The second-order valence-electron chi connectivity index (χ2n) is 6.08. The molecule has 0 N–H and O–H groups in total. The van der Waals surface area contributed by atoms with Gasteiger partial charge in [-0.2, -0.15) is 5.10 Å². The molecule has 1 fully saturated rings. The summed E-state index contributed by atoms with van der Waals surface area (Å²) in [5.41, 5.74) is 0.491. The van der Waals surface area contributed by atoms with Gasteiger partial charge in [-0.25, -0.2) is 8.42 Å². The Bertz CT molecular complexity index is 755. The number of carbonyl (C=O) groups excluding carboxylic acids is 1. The van der Waals surface area contributed by atoms with Crippen LogP contribution in [0, 0.1) is 24.0 Å². The maximum absolute atomic E-state index is 12.6. The van der Waals surface area contributed by atoms with Gasteiger partial charge in [0.15, 0.2) is 9.84 Å². The Labute approximate surface area is 140 Å². The number of amides is 1. The fourth-order valence-corrected chi connectivity index (χ4v) is 4.83. The second-order valence-corrected chi connectivity index (χ2v) is 8.31. The van der Waals surface area contributed by atoms with Crippen molar-refractivity contribution >= 4 is 21.4 Å². The summed E-state index contributed by atoms with van der Waals surface area (Å²) in [5, 5.41) is 15.1. The van der Waals surface area contributed by atoms with Gasteiger partial charge in [-0.1, -0.05) is 6.92 Å². The molecule has 1 aromatic rings. The molecule has 1 aliphatic heterocycles. The van der Waals surface area contributed by atoms with Gasteiger partial charge in [0.1, 0.15) is 17.9 Å². The minimum atomic E-state index is -3.09. The van der Waals surface area contributed by atoms with Crippen LogP contribution >= 0.6 is 0 Å². The van der Waals surface area contributed by atoms with Crippen molar-refractivity contribution in [1.82, 2.24) is 14.7 Å². The molecule has 0 saturated carbocycles. The molecule has 1 aromatic heterocycles. The third-order valence-corrected chi connectivity index (χ3v) is 6.00. The van der Waals surface area contributed by atoms with E-state index in [-0.39, 0.29) is 41.4 Å². The van der Waals surface area contributed by atoms with Gasteiger partial charge in [0.25, 0.3) is 0 Å². The number of sulfone groups is 1. The van der Waals surface area contributed by atoms with Gasteiger partial charge in [-0.05, 0) is 26.7 Å². The Balaban J connectivity index is 2.20. The van der Waals surface area contributed by atoms with Crippen LogP contribution in [0.2, 0.25) is 0 Å². The third kappa shape index (κ3) is 3.74. The highest BCUT2D eigenvalue weighted by Crippen LogP contribution is 2.23. The first-order valence-corrected chi connectivity index (χ1v) is 9.66. The second kappa shape index (κ2) is 6.88. The van der Waals surface area contributed by atoms with Crippen molar-refractivity contribution in [2.24, 2.45) is 0 Å². The van der Waals surface area contributed by atoms with E-state index < -0.39 is 14.8 Å². The fraction of sp³-hybridized carbons (Fsp3) is 0.714. The molecule has 1 aliphatic rings. The molecule has 2 rings (SSSR count). The van der Waals surface area contributed by atoms with Crippen LogP contribution in [0.3, 0.4) is 0 Å². The van der Waals surface area contributed by atoms with Crippen molar-refractivity contribution in [2.45, 2.75) is 46.2 Å². The zero-order chi connectivity index (χ0) is 18.1. The number of hydrogen-bond acceptors (Lipinski definition) is 6. The van der Waals surface area contributed by atoms with Gasteiger partial charge >= 0.3 is 5.69 Å². The van der Waals surface area contributed by atoms with Crippen molar-refractivity contribution in [3.8, 4) is 0 Å². The average molecular weight is 358 g/mol. The molecule has 1 atom stereocenters. The Kier molecular flexibility index (Phi) is 5.26. The summed E-state index contributed by atoms with van der Waals surface area (Å²) < 4.78 is 24.7. The summed E-state index contributed by atoms with van der Waals surface area (Å²) in [5.74, 6) is -0.188. The van der Waals surface area contributed by atoms with E-state index >= 15 is 0 Å². The highest BCUT2D eigenvalue weighted by atomic mass is 32.2. The highest BCUT2D eigenvalue weighted by molar-refractivity contribution is 7.91. The summed E-state index contributed by atoms with van der Waals surface area (Å²) in [6, 6.07) is -0.325. The van der Waals surface area contributed by atoms with E-state index in [2.05, 4.69) is 5.10 Å². The number of carbonyl (C=O) groups is 1. The molecule has 0 aromatic carbocycles. The monoisotopic (exact) mass is 358 g/mol. The molecule has 1 amide bonds. The molecule has 0 bridgehead atoms. The molecule has 0 radical (unpaired) electrons. The topological polar surface area (TPSA) is 115 Å². The molecule has 10 heteroatoms. The van der Waals surface area contributed by atoms with Crippen LogP contribution in [0.5, 0.6) is 0 Å². The standard InChI is InChI=1S/C14H22N4O5S/c1-4-6-16(12-5-7-24(22,23)9-12)13(19)8-17-11(3)14(18(20)21)10(2)15-17/h12H,4-9H2,1-3H3/t12-/m0/s1. The predicted octanol–water partition coefficient (Wildman–Crippen LogP) is 0.834. The fourth-order valence-electron chi connectivity index (χ4n) is 3.10. The average Bonchev–Trinajstić information content (AvgIpc) is 2.95. The number of nitrogens with zero attached hydrogens (tertiary/aromatic N) is 4. The Morgan fingerprint density at radius 1 is 1.46 bits per heavy atom. The normalized spacial score (nSPS) is 19.4. The maximum atomic E-state index is 12.6. The summed E-state index contributed by atoms with van der Waals surface area (Å²) >= 11 is 0. The van der Waals surface area contributed by atoms with Crippen LogP contribution in [-0.4, -0.2) is 58.0 Å². The van der Waals surface area contributed by atoms with Crippen LogP contribution in [0.25, 0.3) is 0 Å². The van der Waals surface area contributed by atoms with E-state index in [9.17, 15) is 23.3 Å². The van der Waals surface area contributed by atoms with Gasteiger partial charge in [-0.3, -0.25) is 19.6 Å². The third-order valence-electron chi connectivity index (χ3n) is 4.24. The molecular formula is C14H22N4O5S. The van der Waals surface area contributed by atoms with Gasteiger partial charge < -0.3 is 4.90 Å². The van der Waals surface area contributed by atoms with Crippen LogP contribution in [0.15, 0.2) is 0 Å². The number of nitro groups is 1. The first kappa shape index (κ1) is 18.4. The van der Waals surface area contributed by atoms with E-state index in [1.54, 1.807) is 11.8 Å². The lowest BCUT2D eigenvalue weighted by atomic mass is 10.2. The van der Waals surface area contributed by atoms with Gasteiger partial charge in [0.2, 0.25) is 5.91 Å². The molecule has 0 aliphatic carbocycles. The molecular weight excluding hydrogens is 336 g/mol. The van der Waals surface area contributed by atoms with E-state index in [1.807, 2.05) is 6.92 Å². The zero-order valence-corrected chi connectivity index (χ0v) is 14.9. The molecule has 134 valence electrons. The minimum Gasteiger partial charge on any atom is -0.337 e. The number of aryl methyl sites for hydroxylation is 1. The van der Waals surface area contributed by atoms with Gasteiger partial charge in [0.05, 0.1) is 16.4 Å². The highest BCUT2D eigenvalue weighted by Gasteiger charge is 2.34. The van der Waals surface area contributed by atoms with Crippen molar-refractivity contribution in [2.75, 3.05) is 18.1 Å². The van der Waals surface area contributed by atoms with Crippen LogP contribution in [0.1, 0.15) is 31.2 Å². The van der Waals surface area contributed by atoms with Crippen molar-refractivity contribution in [1.29, 1.82) is 0 Å². The lowest BCUT2D eigenvalue weighted by Crippen LogP contribution is -2.43. The lowest BCUT2D eigenvalue weighted by molar-refractivity contribution is -0.386. The molecule has 1 saturated heterocycles. The SMILES string of the molecule is CCCN(C(=O)Cn1nc(C)c([N+](=O)[O-])c1C)[C@H]1CCS(=O)(=O)C1. The Hall–Kier alpha value is -1.97. The van der Waals surface area contributed by atoms with Crippen molar-refractivity contribution < 1.29 is 18.1 Å². The first-order valence-electron chi connectivity index (χ1n) is 7.84. The molecule has 0 unspecified atom stereocenters. The zero-order valence-electron chi connectivity index (χ0n) is 14.1. The predicted molar refractivity (Wildman–Crippen MR) is 87.4 cm³/mol. The largest absolute Gasteiger partial charge is 0.337 e. The lowest BCUT2D eigenvalue weighted by Gasteiger charge is -2.28. The summed E-state index contributed by atoms with van der Waals surface area (Å²) in [7, 11) is -3.09. The van der Waals surface area contributed by atoms with E-state index in [0.29, 0.717) is 25.1 Å². The summed E-state index contributed by atoms with van der Waals surface area (Å²) in [6.07, 6.45) is 1.14. The molecule has 24 heavy (non-hydrogen) atoms. The van der Waals surface area contributed by atoms with Gasteiger partial charge in [-0.15, -0.1) is 0 Å². The molecule has 9 nitrogen and oxygen atoms in total. The van der Waals surface area contributed by atoms with Crippen LogP contribution in [-0.2, 0) is 21.2 Å². The summed E-state index contributed by atoms with van der Waals surface area (Å²) in [6.45, 7) is 5.32. The number of hydrogen-bond donors (Lipinski definition) is 0. The van der Waals surface area contributed by atoms with Crippen LogP contribution in [0.4, 0.5) is 5.69 Å². The first-order chi connectivity index (χ1) is 11.2. The van der Waals surface area contributed by atoms with Crippen molar-refractivity contribution in [3.63, 3.8) is 0 Å². The maximum Gasteiger partial charge on any atom is 0.312 e. The van der Waals surface area contributed by atoms with Crippen molar-refractivity contribution in [3.05, 3.63) is 21.5 Å². The number of rotatable bonds is 6. The smallest absolute Gasteiger partial charge is 0.312 e. The van der Waals surface area contributed by atoms with E-state index in [0.717, 1.165) is 0 Å². The van der Waals surface area contributed by atoms with E-state index in [1.165, 1.54) is 11.6 Å². The van der Waals surface area contributed by atoms with Gasteiger partial charge in [0, 0.05) is 12.6 Å². The van der Waals surface area contributed by atoms with Crippen LogP contribution < -0.4 is 0 Å². The molecule has 0 spiro atoms. The molecule has 2 heterocycles. The Morgan fingerprint density at radius 2 is 2.12 bits per heavy atom. The number of aromatic nitrogens is 2. The Morgan fingerprint density at radius 3 is 2.58 bits per heavy atom. The minimum absolute atomic E-state index is 0.0179. The summed E-state index contributed by atoms with van der Waals surface area (Å²) in [4.78, 5) is 24.8.